The number of piperidine rings is 1. The molecule has 1 unspecified atom stereocenters. The van der Waals surface area contributed by atoms with Crippen LogP contribution in [0.15, 0.2) is 18.2 Å². The van der Waals surface area contributed by atoms with Gasteiger partial charge in [0.25, 0.3) is 0 Å². The van der Waals surface area contributed by atoms with E-state index in [2.05, 4.69) is 18.0 Å². The third kappa shape index (κ3) is 2.74. The first-order valence-electron chi connectivity index (χ1n) is 6.34. The van der Waals surface area contributed by atoms with Gasteiger partial charge in [0.15, 0.2) is 0 Å². The highest BCUT2D eigenvalue weighted by molar-refractivity contribution is 5.60. The summed E-state index contributed by atoms with van der Waals surface area (Å²) in [5, 5.41) is 9.07. The molecule has 1 atom stereocenters. The molecule has 1 aromatic rings. The van der Waals surface area contributed by atoms with Crippen LogP contribution < -0.4 is 10.5 Å². The normalized spacial score (nSPS) is 20.3. The lowest BCUT2D eigenvalue weighted by Gasteiger charge is -2.32. The fraction of sp³-hybridized carbons (Fsp3) is 0.500. The van der Waals surface area contributed by atoms with Crippen molar-refractivity contribution in [1.29, 1.82) is 5.26 Å². The molecule has 4 nitrogen and oxygen atoms in total. The van der Waals surface area contributed by atoms with Crippen molar-refractivity contribution < 1.29 is 4.74 Å². The Hall–Kier alpha value is -1.73. The highest BCUT2D eigenvalue weighted by Crippen LogP contribution is 2.24. The van der Waals surface area contributed by atoms with Gasteiger partial charge < -0.3 is 15.4 Å². The molecule has 2 rings (SSSR count). The van der Waals surface area contributed by atoms with Gasteiger partial charge in [0, 0.05) is 6.04 Å². The second-order valence-electron chi connectivity index (χ2n) is 4.77. The largest absolute Gasteiger partial charge is 0.490 e. The quantitative estimate of drug-likeness (QED) is 0.827. The molecule has 1 aromatic carbocycles. The van der Waals surface area contributed by atoms with Crippen LogP contribution in [-0.2, 0) is 0 Å². The average Bonchev–Trinajstić information content (AvgIpc) is 2.38. The van der Waals surface area contributed by atoms with E-state index in [9.17, 15) is 0 Å². The van der Waals surface area contributed by atoms with E-state index in [1.54, 1.807) is 12.1 Å². The van der Waals surface area contributed by atoms with E-state index in [4.69, 9.17) is 15.7 Å². The standard InChI is InChI=1S/C14H19N3O/c1-17-8-3-2-5-11(17)10-18-14-7-4-6-13(16)12(14)9-15/h4,6-7,11H,2-3,5,8,10,16H2,1H3. The molecule has 0 aliphatic carbocycles. The summed E-state index contributed by atoms with van der Waals surface area (Å²) < 4.78 is 5.77. The number of nitrogens with zero attached hydrogens (tertiary/aromatic N) is 2. The van der Waals surface area contributed by atoms with Crippen molar-refractivity contribution in [3.63, 3.8) is 0 Å². The molecular formula is C14H19N3O. The zero-order chi connectivity index (χ0) is 13.0. The summed E-state index contributed by atoms with van der Waals surface area (Å²) in [4.78, 5) is 2.32. The number of likely N-dealkylation sites (N-methyl/N-ethyl adjacent to an activating group) is 1. The maximum Gasteiger partial charge on any atom is 0.139 e. The summed E-state index contributed by atoms with van der Waals surface area (Å²) in [5.41, 5.74) is 6.67. The number of nitrogen functional groups attached to an aromatic ring is 1. The van der Waals surface area contributed by atoms with Gasteiger partial charge in [0.05, 0.1) is 5.69 Å². The van der Waals surface area contributed by atoms with E-state index in [1.807, 2.05) is 6.07 Å². The minimum absolute atomic E-state index is 0.437. The number of hydrogen-bond acceptors (Lipinski definition) is 4. The molecule has 1 fully saturated rings. The number of ether oxygens (including phenoxy) is 1. The summed E-state index contributed by atoms with van der Waals surface area (Å²) in [7, 11) is 2.12. The predicted octanol–water partition coefficient (Wildman–Crippen LogP) is 2.00. The van der Waals surface area contributed by atoms with Crippen LogP contribution in [0.25, 0.3) is 0 Å². The van der Waals surface area contributed by atoms with E-state index < -0.39 is 0 Å². The maximum absolute atomic E-state index is 9.07. The van der Waals surface area contributed by atoms with Gasteiger partial charge in [-0.1, -0.05) is 12.5 Å². The molecule has 0 aromatic heterocycles. The Balaban J connectivity index is 2.02. The van der Waals surface area contributed by atoms with Crippen LogP contribution in [0.1, 0.15) is 24.8 Å². The van der Waals surface area contributed by atoms with Crippen molar-refractivity contribution in [3.05, 3.63) is 23.8 Å². The molecule has 4 heteroatoms. The number of nitriles is 1. The van der Waals surface area contributed by atoms with Gasteiger partial charge in [0.2, 0.25) is 0 Å². The smallest absolute Gasteiger partial charge is 0.139 e. The van der Waals surface area contributed by atoms with E-state index in [-0.39, 0.29) is 0 Å². The molecule has 1 aliphatic heterocycles. The van der Waals surface area contributed by atoms with Gasteiger partial charge in [-0.3, -0.25) is 0 Å². The lowest BCUT2D eigenvalue weighted by molar-refractivity contribution is 0.125. The van der Waals surface area contributed by atoms with E-state index in [0.717, 1.165) is 13.0 Å². The lowest BCUT2D eigenvalue weighted by atomic mass is 10.0. The minimum Gasteiger partial charge on any atom is -0.490 e. The Morgan fingerprint density at radius 2 is 2.33 bits per heavy atom. The Morgan fingerprint density at radius 3 is 3.06 bits per heavy atom. The van der Waals surface area contributed by atoms with Crippen molar-refractivity contribution in [2.24, 2.45) is 0 Å². The van der Waals surface area contributed by atoms with Crippen LogP contribution in [-0.4, -0.2) is 31.1 Å². The number of anilines is 1. The predicted molar refractivity (Wildman–Crippen MR) is 71.3 cm³/mol. The lowest BCUT2D eigenvalue weighted by Crippen LogP contribution is -2.40. The first-order chi connectivity index (χ1) is 8.72. The second-order valence-corrected chi connectivity index (χ2v) is 4.77. The van der Waals surface area contributed by atoms with Crippen molar-refractivity contribution in [2.45, 2.75) is 25.3 Å². The van der Waals surface area contributed by atoms with Crippen molar-refractivity contribution in [2.75, 3.05) is 25.9 Å². The Labute approximate surface area is 108 Å². The molecule has 0 spiro atoms. The third-order valence-corrected chi connectivity index (χ3v) is 3.52. The van der Waals surface area contributed by atoms with Gasteiger partial charge in [-0.25, -0.2) is 0 Å². The molecule has 18 heavy (non-hydrogen) atoms. The molecule has 96 valence electrons. The summed E-state index contributed by atoms with van der Waals surface area (Å²) in [6, 6.07) is 7.88. The van der Waals surface area contributed by atoms with Crippen LogP contribution in [0.3, 0.4) is 0 Å². The number of benzene rings is 1. The van der Waals surface area contributed by atoms with E-state index in [0.29, 0.717) is 29.6 Å². The van der Waals surface area contributed by atoms with Crippen molar-refractivity contribution >= 4 is 5.69 Å². The molecule has 0 amide bonds. The first kappa shape index (κ1) is 12.7. The number of nitrogens with two attached hydrogens (primary N) is 1. The topological polar surface area (TPSA) is 62.3 Å². The van der Waals surface area contributed by atoms with Gasteiger partial charge in [-0.05, 0) is 38.6 Å². The highest BCUT2D eigenvalue weighted by Gasteiger charge is 2.20. The third-order valence-electron chi connectivity index (χ3n) is 3.52. The number of rotatable bonds is 3. The van der Waals surface area contributed by atoms with Gasteiger partial charge in [-0.15, -0.1) is 0 Å². The van der Waals surface area contributed by atoms with Crippen LogP contribution >= 0.6 is 0 Å². The fourth-order valence-corrected chi connectivity index (χ4v) is 2.33. The van der Waals surface area contributed by atoms with Crippen molar-refractivity contribution in [1.82, 2.24) is 4.90 Å². The Bertz CT molecular complexity index is 453. The molecule has 1 aliphatic rings. The first-order valence-corrected chi connectivity index (χ1v) is 6.34. The van der Waals surface area contributed by atoms with Crippen LogP contribution in [0.5, 0.6) is 5.75 Å². The molecule has 1 heterocycles. The molecule has 1 saturated heterocycles. The minimum atomic E-state index is 0.437. The van der Waals surface area contributed by atoms with Crippen LogP contribution in [0.4, 0.5) is 5.69 Å². The average molecular weight is 245 g/mol. The monoisotopic (exact) mass is 245 g/mol. The SMILES string of the molecule is CN1CCCCC1COc1cccc(N)c1C#N. The molecule has 2 N–H and O–H groups in total. The highest BCUT2D eigenvalue weighted by atomic mass is 16.5. The van der Waals surface area contributed by atoms with Crippen molar-refractivity contribution in [3.8, 4) is 11.8 Å². The second kappa shape index (κ2) is 5.74. The molecule has 0 bridgehead atoms. The molecule has 0 radical (unpaired) electrons. The number of likely N-dealkylation sites (tertiary alicyclic amines) is 1. The molecular weight excluding hydrogens is 226 g/mol. The summed E-state index contributed by atoms with van der Waals surface area (Å²) in [6.45, 7) is 1.74. The maximum atomic E-state index is 9.07. The van der Waals surface area contributed by atoms with Gasteiger partial charge >= 0.3 is 0 Å². The van der Waals surface area contributed by atoms with Gasteiger partial charge in [0.1, 0.15) is 24.0 Å². The summed E-state index contributed by atoms with van der Waals surface area (Å²) in [5.74, 6) is 0.594. The summed E-state index contributed by atoms with van der Waals surface area (Å²) >= 11 is 0. The Kier molecular flexibility index (Phi) is 4.06. The fourth-order valence-electron chi connectivity index (χ4n) is 2.33. The van der Waals surface area contributed by atoms with Crippen LogP contribution in [0.2, 0.25) is 0 Å². The van der Waals surface area contributed by atoms with E-state index >= 15 is 0 Å². The Morgan fingerprint density at radius 1 is 1.50 bits per heavy atom. The van der Waals surface area contributed by atoms with Crippen LogP contribution in [0, 0.1) is 11.3 Å². The number of hydrogen-bond donors (Lipinski definition) is 1. The summed E-state index contributed by atoms with van der Waals surface area (Å²) in [6.07, 6.45) is 3.66. The zero-order valence-electron chi connectivity index (χ0n) is 10.7. The zero-order valence-corrected chi connectivity index (χ0v) is 10.7. The van der Waals surface area contributed by atoms with Gasteiger partial charge in [-0.2, -0.15) is 5.26 Å². The molecule has 0 saturated carbocycles. The van der Waals surface area contributed by atoms with E-state index in [1.165, 1.54) is 12.8 Å².